The lowest BCUT2D eigenvalue weighted by Crippen LogP contribution is -2.21. The third-order valence-corrected chi connectivity index (χ3v) is 3.42. The summed E-state index contributed by atoms with van der Waals surface area (Å²) in [5.74, 6) is 0. The Morgan fingerprint density at radius 2 is 1.45 bits per heavy atom. The second-order valence-corrected chi connectivity index (χ2v) is 4.53. The molecular weight excluding hydrogens is 248 g/mol. The van der Waals surface area contributed by atoms with Crippen molar-refractivity contribution >= 4 is 11.4 Å². The van der Waals surface area contributed by atoms with Crippen LogP contribution in [0.2, 0.25) is 0 Å². The summed E-state index contributed by atoms with van der Waals surface area (Å²) in [6.45, 7) is 6.24. The summed E-state index contributed by atoms with van der Waals surface area (Å²) in [5, 5.41) is 12.7. The molecule has 1 N–H and O–H groups in total. The Kier molecular flexibility index (Phi) is 4.77. The predicted molar refractivity (Wildman–Crippen MR) is 83.9 cm³/mol. The van der Waals surface area contributed by atoms with E-state index in [2.05, 4.69) is 36.0 Å². The van der Waals surface area contributed by atoms with Gasteiger partial charge in [-0.05, 0) is 26.0 Å². The van der Waals surface area contributed by atoms with Gasteiger partial charge in [0.1, 0.15) is 5.71 Å². The maximum atomic E-state index is 9.28. The molecule has 0 radical (unpaired) electrons. The number of oxime groups is 1. The van der Waals surface area contributed by atoms with Crippen molar-refractivity contribution in [3.8, 4) is 0 Å². The molecule has 0 aromatic heterocycles. The fraction of sp³-hybridized carbons (Fsp3) is 0.235. The summed E-state index contributed by atoms with van der Waals surface area (Å²) in [7, 11) is 0. The van der Waals surface area contributed by atoms with Crippen LogP contribution in [0.4, 0.5) is 5.69 Å². The zero-order chi connectivity index (χ0) is 14.4. The fourth-order valence-corrected chi connectivity index (χ4v) is 2.30. The Morgan fingerprint density at radius 3 is 1.95 bits per heavy atom. The van der Waals surface area contributed by atoms with E-state index in [1.54, 1.807) is 0 Å². The highest BCUT2D eigenvalue weighted by atomic mass is 16.4. The van der Waals surface area contributed by atoms with Gasteiger partial charge in [-0.15, -0.1) is 0 Å². The molecule has 0 heterocycles. The van der Waals surface area contributed by atoms with Gasteiger partial charge in [0.05, 0.1) is 0 Å². The summed E-state index contributed by atoms with van der Waals surface area (Å²) in [5.41, 5.74) is 3.60. The summed E-state index contributed by atoms with van der Waals surface area (Å²) in [4.78, 5) is 2.28. The molecule has 0 spiro atoms. The molecule has 3 heteroatoms. The van der Waals surface area contributed by atoms with Crippen LogP contribution in [0.3, 0.4) is 0 Å². The van der Waals surface area contributed by atoms with Crippen LogP contribution in [0.15, 0.2) is 59.8 Å². The molecule has 0 fully saturated rings. The van der Waals surface area contributed by atoms with Gasteiger partial charge in [-0.3, -0.25) is 0 Å². The van der Waals surface area contributed by atoms with Gasteiger partial charge in [0.2, 0.25) is 0 Å². The number of anilines is 1. The quantitative estimate of drug-likeness (QED) is 0.509. The minimum absolute atomic E-state index is 0.594. The first-order chi connectivity index (χ1) is 9.80. The SMILES string of the molecule is CCN(CC)c1ccc(C(=NO)c2ccccc2)cc1. The van der Waals surface area contributed by atoms with Crippen molar-refractivity contribution in [2.24, 2.45) is 5.16 Å². The van der Waals surface area contributed by atoms with Crippen LogP contribution in [0.5, 0.6) is 0 Å². The highest BCUT2D eigenvalue weighted by molar-refractivity contribution is 6.12. The Bertz CT molecular complexity index is 557. The first kappa shape index (κ1) is 14.1. The van der Waals surface area contributed by atoms with Crippen LogP contribution >= 0.6 is 0 Å². The summed E-state index contributed by atoms with van der Waals surface area (Å²) < 4.78 is 0. The van der Waals surface area contributed by atoms with Gasteiger partial charge in [-0.25, -0.2) is 0 Å². The van der Waals surface area contributed by atoms with Crippen LogP contribution in [0.1, 0.15) is 25.0 Å². The van der Waals surface area contributed by atoms with Crippen molar-refractivity contribution in [3.63, 3.8) is 0 Å². The Balaban J connectivity index is 2.29. The smallest absolute Gasteiger partial charge is 0.117 e. The van der Waals surface area contributed by atoms with Crippen molar-refractivity contribution in [1.29, 1.82) is 0 Å². The van der Waals surface area contributed by atoms with Crippen molar-refractivity contribution in [3.05, 3.63) is 65.7 Å². The molecule has 0 aliphatic heterocycles. The molecule has 104 valence electrons. The maximum Gasteiger partial charge on any atom is 0.117 e. The second kappa shape index (κ2) is 6.75. The summed E-state index contributed by atoms with van der Waals surface area (Å²) in [6.07, 6.45) is 0. The first-order valence-corrected chi connectivity index (χ1v) is 6.93. The minimum Gasteiger partial charge on any atom is -0.410 e. The first-order valence-electron chi connectivity index (χ1n) is 6.93. The lowest BCUT2D eigenvalue weighted by molar-refractivity contribution is 0.319. The molecule has 0 saturated carbocycles. The molecule has 0 atom stereocenters. The number of benzene rings is 2. The van der Waals surface area contributed by atoms with E-state index in [0.29, 0.717) is 5.71 Å². The van der Waals surface area contributed by atoms with Gasteiger partial charge < -0.3 is 10.1 Å². The standard InChI is InChI=1S/C17H20N2O/c1-3-19(4-2)16-12-10-15(11-13-16)17(18-20)14-8-6-5-7-9-14/h5-13,20H,3-4H2,1-2H3. The molecule has 20 heavy (non-hydrogen) atoms. The number of hydrogen-bond acceptors (Lipinski definition) is 3. The van der Waals surface area contributed by atoms with E-state index in [4.69, 9.17) is 0 Å². The molecule has 2 rings (SSSR count). The molecule has 0 amide bonds. The number of rotatable bonds is 5. The Labute approximate surface area is 120 Å². The van der Waals surface area contributed by atoms with E-state index < -0.39 is 0 Å². The highest BCUT2D eigenvalue weighted by Gasteiger charge is 2.08. The van der Waals surface area contributed by atoms with E-state index in [-0.39, 0.29) is 0 Å². The second-order valence-electron chi connectivity index (χ2n) is 4.53. The zero-order valence-corrected chi connectivity index (χ0v) is 12.0. The third-order valence-electron chi connectivity index (χ3n) is 3.42. The topological polar surface area (TPSA) is 35.8 Å². The molecule has 2 aromatic carbocycles. The zero-order valence-electron chi connectivity index (χ0n) is 12.0. The van der Waals surface area contributed by atoms with Crippen molar-refractivity contribution in [1.82, 2.24) is 0 Å². The van der Waals surface area contributed by atoms with Gasteiger partial charge in [0, 0.05) is 29.9 Å². The molecule has 0 unspecified atom stereocenters. The average molecular weight is 268 g/mol. The van der Waals surface area contributed by atoms with E-state index in [0.717, 1.165) is 24.2 Å². The maximum absolute atomic E-state index is 9.28. The van der Waals surface area contributed by atoms with Gasteiger partial charge >= 0.3 is 0 Å². The molecule has 0 saturated heterocycles. The number of hydrogen-bond donors (Lipinski definition) is 1. The van der Waals surface area contributed by atoms with Gasteiger partial charge in [0.25, 0.3) is 0 Å². The molecule has 0 aliphatic carbocycles. The Morgan fingerprint density at radius 1 is 0.900 bits per heavy atom. The lowest BCUT2D eigenvalue weighted by atomic mass is 10.0. The monoisotopic (exact) mass is 268 g/mol. The van der Waals surface area contributed by atoms with Gasteiger partial charge in [-0.1, -0.05) is 47.6 Å². The molecule has 2 aromatic rings. The van der Waals surface area contributed by atoms with Crippen LogP contribution in [0.25, 0.3) is 0 Å². The minimum atomic E-state index is 0.594. The number of nitrogens with zero attached hydrogens (tertiary/aromatic N) is 2. The average Bonchev–Trinajstić information content (AvgIpc) is 2.52. The van der Waals surface area contributed by atoms with Crippen LogP contribution < -0.4 is 4.90 Å². The van der Waals surface area contributed by atoms with Gasteiger partial charge in [0.15, 0.2) is 0 Å². The van der Waals surface area contributed by atoms with E-state index in [9.17, 15) is 5.21 Å². The molecule has 0 bridgehead atoms. The van der Waals surface area contributed by atoms with Crippen LogP contribution in [-0.2, 0) is 0 Å². The Hall–Kier alpha value is -2.29. The van der Waals surface area contributed by atoms with Crippen molar-refractivity contribution in [2.45, 2.75) is 13.8 Å². The van der Waals surface area contributed by atoms with E-state index >= 15 is 0 Å². The summed E-state index contributed by atoms with van der Waals surface area (Å²) >= 11 is 0. The van der Waals surface area contributed by atoms with E-state index in [1.807, 2.05) is 42.5 Å². The lowest BCUT2D eigenvalue weighted by Gasteiger charge is -2.21. The van der Waals surface area contributed by atoms with Gasteiger partial charge in [-0.2, -0.15) is 0 Å². The fourth-order valence-electron chi connectivity index (χ4n) is 2.30. The molecule has 0 aliphatic rings. The van der Waals surface area contributed by atoms with Crippen molar-refractivity contribution < 1.29 is 5.21 Å². The normalized spacial score (nSPS) is 11.4. The summed E-state index contributed by atoms with van der Waals surface area (Å²) in [6, 6.07) is 17.8. The van der Waals surface area contributed by atoms with Crippen LogP contribution in [0, 0.1) is 0 Å². The predicted octanol–water partition coefficient (Wildman–Crippen LogP) is 3.76. The van der Waals surface area contributed by atoms with Crippen LogP contribution in [-0.4, -0.2) is 24.0 Å². The van der Waals surface area contributed by atoms with Crippen molar-refractivity contribution in [2.75, 3.05) is 18.0 Å². The molecular formula is C17H20N2O. The molecule has 3 nitrogen and oxygen atoms in total. The highest BCUT2D eigenvalue weighted by Crippen LogP contribution is 2.17. The van der Waals surface area contributed by atoms with E-state index in [1.165, 1.54) is 5.69 Å². The largest absolute Gasteiger partial charge is 0.410 e. The third kappa shape index (κ3) is 2.99.